The van der Waals surface area contributed by atoms with Gasteiger partial charge in [0.05, 0.1) is 18.4 Å². The van der Waals surface area contributed by atoms with Crippen LogP contribution in [0.5, 0.6) is 5.75 Å². The Labute approximate surface area is 95.1 Å². The summed E-state index contributed by atoms with van der Waals surface area (Å²) in [5.74, 6) is 0.813. The van der Waals surface area contributed by atoms with E-state index >= 15 is 0 Å². The Morgan fingerprint density at radius 3 is 3.08 bits per heavy atom. The second-order valence-electron chi connectivity index (χ2n) is 2.73. The van der Waals surface area contributed by atoms with E-state index in [9.17, 15) is 0 Å². The molecule has 0 atom stereocenters. The molecular weight excluding hydrogens is 300 g/mol. The lowest BCUT2D eigenvalue weighted by molar-refractivity contribution is 0.413. The summed E-state index contributed by atoms with van der Waals surface area (Å²) in [6.45, 7) is 0. The monoisotopic (exact) mass is 307 g/mol. The number of hydrogen-bond acceptors (Lipinski definition) is 2. The van der Waals surface area contributed by atoms with E-state index in [1.807, 2.05) is 0 Å². The van der Waals surface area contributed by atoms with Gasteiger partial charge in [-0.2, -0.15) is 0 Å². The molecule has 0 aliphatic heterocycles. The third kappa shape index (κ3) is 1.55. The molecule has 0 amide bonds. The first-order chi connectivity index (χ1) is 6.22. The molecule has 1 aromatic rings. The molecule has 0 N–H and O–H groups in total. The van der Waals surface area contributed by atoms with Crippen molar-refractivity contribution in [2.75, 3.05) is 7.11 Å². The van der Waals surface area contributed by atoms with Crippen LogP contribution >= 0.6 is 34.2 Å². The predicted octanol–water partition coefficient (Wildman–Crippen LogP) is 3.08. The van der Waals surface area contributed by atoms with E-state index in [0.29, 0.717) is 5.15 Å². The van der Waals surface area contributed by atoms with E-state index < -0.39 is 0 Å². The van der Waals surface area contributed by atoms with Crippen LogP contribution in [-0.2, 0) is 6.42 Å². The Balaban J connectivity index is 2.63. The molecule has 68 valence electrons. The van der Waals surface area contributed by atoms with Crippen molar-refractivity contribution in [1.82, 2.24) is 4.98 Å². The summed E-state index contributed by atoms with van der Waals surface area (Å²) in [4.78, 5) is 4.24. The molecule has 0 bridgehead atoms. The van der Waals surface area contributed by atoms with Crippen LogP contribution in [0.4, 0.5) is 0 Å². The van der Waals surface area contributed by atoms with Crippen LogP contribution in [0.1, 0.15) is 11.3 Å². The zero-order valence-electron chi connectivity index (χ0n) is 6.97. The summed E-state index contributed by atoms with van der Waals surface area (Å²) in [5.41, 5.74) is 2.10. The summed E-state index contributed by atoms with van der Waals surface area (Å²) in [6.07, 6.45) is 2.97. The Hall–Kier alpha value is -0.290. The fourth-order valence-corrected chi connectivity index (χ4v) is 2.39. The third-order valence-corrected chi connectivity index (χ3v) is 3.13. The quantitative estimate of drug-likeness (QED) is 0.587. The maximum absolute atomic E-state index is 5.84. The van der Waals surface area contributed by atoms with Crippen molar-refractivity contribution in [2.45, 2.75) is 6.42 Å². The van der Waals surface area contributed by atoms with Gasteiger partial charge >= 0.3 is 0 Å². The first-order valence-electron chi connectivity index (χ1n) is 3.82. The maximum Gasteiger partial charge on any atom is 0.133 e. The average Bonchev–Trinajstić information content (AvgIpc) is 2.46. The van der Waals surface area contributed by atoms with Crippen molar-refractivity contribution < 1.29 is 4.74 Å². The minimum absolute atomic E-state index is 0.495. The summed E-state index contributed by atoms with van der Waals surface area (Å²) < 4.78 is 6.43. The van der Waals surface area contributed by atoms with Gasteiger partial charge in [0, 0.05) is 16.1 Å². The van der Waals surface area contributed by atoms with Gasteiger partial charge in [0.25, 0.3) is 0 Å². The first-order valence-corrected chi connectivity index (χ1v) is 5.27. The number of ether oxygens (including phenoxy) is 1. The van der Waals surface area contributed by atoms with Gasteiger partial charge in [-0.05, 0) is 22.6 Å². The van der Waals surface area contributed by atoms with Crippen molar-refractivity contribution in [3.8, 4) is 5.75 Å². The highest BCUT2D eigenvalue weighted by Crippen LogP contribution is 2.38. The highest BCUT2D eigenvalue weighted by Gasteiger charge is 2.19. The summed E-state index contributed by atoms with van der Waals surface area (Å²) in [5, 5.41) is 0.495. The third-order valence-electron chi connectivity index (χ3n) is 1.96. The smallest absolute Gasteiger partial charge is 0.133 e. The second kappa shape index (κ2) is 3.46. The van der Waals surface area contributed by atoms with Crippen molar-refractivity contribution in [2.24, 2.45) is 0 Å². The molecule has 4 heteroatoms. The number of methoxy groups -OCH3 is 1. The predicted molar refractivity (Wildman–Crippen MR) is 61.5 cm³/mol. The molecule has 2 nitrogen and oxygen atoms in total. The van der Waals surface area contributed by atoms with Gasteiger partial charge in [0.1, 0.15) is 10.9 Å². The zero-order chi connectivity index (χ0) is 9.42. The average molecular weight is 308 g/mol. The number of aromatic nitrogens is 1. The van der Waals surface area contributed by atoms with Crippen LogP contribution in [0.15, 0.2) is 12.1 Å². The molecule has 0 spiro atoms. The molecule has 1 heterocycles. The lowest BCUT2D eigenvalue weighted by Crippen LogP contribution is -1.94. The number of allylic oxidation sites excluding steroid dienone is 1. The number of pyridine rings is 1. The zero-order valence-corrected chi connectivity index (χ0v) is 9.89. The van der Waals surface area contributed by atoms with E-state index in [1.165, 1.54) is 3.58 Å². The highest BCUT2D eigenvalue weighted by molar-refractivity contribution is 14.1. The molecule has 1 aromatic heterocycles. The van der Waals surface area contributed by atoms with Crippen molar-refractivity contribution in [3.05, 3.63) is 28.6 Å². The molecular formula is C9H7ClINO. The lowest BCUT2D eigenvalue weighted by atomic mass is 10.2. The topological polar surface area (TPSA) is 22.1 Å². The van der Waals surface area contributed by atoms with Crippen LogP contribution in [0.25, 0.3) is 3.58 Å². The second-order valence-corrected chi connectivity index (χ2v) is 4.27. The standard InChI is InChI=1S/C9H7ClINO/c1-13-7-4-8(10)12-6-3-2-5(11)9(6)7/h2,4H,3H2,1H3. The Morgan fingerprint density at radius 2 is 2.38 bits per heavy atom. The lowest BCUT2D eigenvalue weighted by Gasteiger charge is -2.07. The number of hydrogen-bond donors (Lipinski definition) is 0. The number of fused-ring (bicyclic) bond motifs is 1. The summed E-state index contributed by atoms with van der Waals surface area (Å²) in [7, 11) is 1.65. The van der Waals surface area contributed by atoms with Crippen molar-refractivity contribution >= 4 is 37.8 Å². The minimum Gasteiger partial charge on any atom is -0.496 e. The molecule has 1 aliphatic carbocycles. The number of rotatable bonds is 1. The van der Waals surface area contributed by atoms with Crippen LogP contribution in [0, 0.1) is 0 Å². The molecule has 2 rings (SSSR count). The van der Waals surface area contributed by atoms with Gasteiger partial charge in [0.15, 0.2) is 0 Å². The molecule has 0 saturated heterocycles. The van der Waals surface area contributed by atoms with Gasteiger partial charge in [0.2, 0.25) is 0 Å². The van der Waals surface area contributed by atoms with Crippen LogP contribution < -0.4 is 4.74 Å². The van der Waals surface area contributed by atoms with E-state index in [4.69, 9.17) is 16.3 Å². The van der Waals surface area contributed by atoms with E-state index in [2.05, 4.69) is 33.7 Å². The van der Waals surface area contributed by atoms with E-state index in [-0.39, 0.29) is 0 Å². The van der Waals surface area contributed by atoms with E-state index in [0.717, 1.165) is 23.4 Å². The highest BCUT2D eigenvalue weighted by atomic mass is 127. The van der Waals surface area contributed by atoms with Crippen LogP contribution in [0.2, 0.25) is 5.15 Å². The fraction of sp³-hybridized carbons (Fsp3) is 0.222. The normalized spacial score (nSPS) is 13.9. The Kier molecular flexibility index (Phi) is 2.47. The molecule has 1 aliphatic rings. The molecule has 0 aromatic carbocycles. The number of nitrogens with zero attached hydrogens (tertiary/aromatic N) is 1. The van der Waals surface area contributed by atoms with Gasteiger partial charge in [-0.25, -0.2) is 4.98 Å². The van der Waals surface area contributed by atoms with Gasteiger partial charge < -0.3 is 4.74 Å². The van der Waals surface area contributed by atoms with E-state index in [1.54, 1.807) is 13.2 Å². The maximum atomic E-state index is 5.84. The Morgan fingerprint density at radius 1 is 1.62 bits per heavy atom. The Bertz CT molecular complexity index is 389. The fourth-order valence-electron chi connectivity index (χ4n) is 1.39. The SMILES string of the molecule is COc1cc(Cl)nc2c1C(I)=CC2. The largest absolute Gasteiger partial charge is 0.496 e. The van der Waals surface area contributed by atoms with Crippen molar-refractivity contribution in [1.29, 1.82) is 0 Å². The first kappa shape index (κ1) is 9.27. The molecule has 0 radical (unpaired) electrons. The van der Waals surface area contributed by atoms with Crippen molar-refractivity contribution in [3.63, 3.8) is 0 Å². The van der Waals surface area contributed by atoms with Crippen LogP contribution in [-0.4, -0.2) is 12.1 Å². The molecule has 0 fully saturated rings. The summed E-state index contributed by atoms with van der Waals surface area (Å²) >= 11 is 8.12. The molecule has 0 unspecified atom stereocenters. The number of halogens is 2. The molecule has 0 saturated carbocycles. The minimum atomic E-state index is 0.495. The van der Waals surface area contributed by atoms with Gasteiger partial charge in [-0.3, -0.25) is 0 Å². The van der Waals surface area contributed by atoms with Gasteiger partial charge in [-0.1, -0.05) is 17.7 Å². The van der Waals surface area contributed by atoms with Crippen LogP contribution in [0.3, 0.4) is 0 Å². The molecule has 13 heavy (non-hydrogen) atoms. The summed E-state index contributed by atoms with van der Waals surface area (Å²) in [6, 6.07) is 1.75. The van der Waals surface area contributed by atoms with Gasteiger partial charge in [-0.15, -0.1) is 0 Å².